The zero-order chi connectivity index (χ0) is 22.3. The molecule has 7 nitrogen and oxygen atoms in total. The van der Waals surface area contributed by atoms with Crippen LogP contribution in [-0.4, -0.2) is 24.2 Å². The molecule has 3 aromatic rings. The highest BCUT2D eigenvalue weighted by Crippen LogP contribution is 2.49. The van der Waals surface area contributed by atoms with Gasteiger partial charge in [-0.3, -0.25) is 9.59 Å². The molecule has 1 N–H and O–H groups in total. The highest BCUT2D eigenvalue weighted by atomic mass is 32.2. The summed E-state index contributed by atoms with van der Waals surface area (Å²) in [6.07, 6.45) is 4.98. The average molecular weight is 452 g/mol. The molecule has 0 radical (unpaired) electrons. The van der Waals surface area contributed by atoms with Crippen molar-refractivity contribution >= 4 is 26.5 Å². The number of rotatable bonds is 6. The summed E-state index contributed by atoms with van der Waals surface area (Å²) in [6.45, 7) is 0. The van der Waals surface area contributed by atoms with Crippen LogP contribution in [0.5, 0.6) is 0 Å². The molecule has 3 atom stereocenters. The quantitative estimate of drug-likeness (QED) is 0.620. The van der Waals surface area contributed by atoms with E-state index in [1.54, 1.807) is 48.5 Å². The molecule has 2 aromatic carbocycles. The third-order valence-electron chi connectivity index (χ3n) is 6.83. The summed E-state index contributed by atoms with van der Waals surface area (Å²) in [5.41, 5.74) is 2.64. The third kappa shape index (κ3) is 3.95. The number of hydrogen-bond donors (Lipinski definition) is 1. The molecule has 166 valence electrons. The van der Waals surface area contributed by atoms with Crippen LogP contribution in [0.4, 0.5) is 0 Å². The Kier molecular flexibility index (Phi) is 5.33. The van der Waals surface area contributed by atoms with Gasteiger partial charge in [0.15, 0.2) is 5.03 Å². The van der Waals surface area contributed by atoms with Gasteiger partial charge >= 0.3 is 0 Å². The normalized spacial score (nSPS) is 22.3. The first-order chi connectivity index (χ1) is 15.4. The molecular formula is C24H25N3O4S. The molecule has 0 saturated heterocycles. The van der Waals surface area contributed by atoms with Crippen LogP contribution in [0.25, 0.3) is 10.8 Å². The Bertz CT molecular complexity index is 1330. The lowest BCUT2D eigenvalue weighted by atomic mass is 9.86. The van der Waals surface area contributed by atoms with Gasteiger partial charge in [-0.15, -0.1) is 9.89 Å². The minimum atomic E-state index is -3.87. The maximum Gasteiger partial charge on any atom is 0.294 e. The van der Waals surface area contributed by atoms with Crippen molar-refractivity contribution in [3.05, 3.63) is 70.5 Å². The number of fused-ring (bicyclic) bond motifs is 3. The van der Waals surface area contributed by atoms with E-state index in [1.807, 2.05) is 6.07 Å². The summed E-state index contributed by atoms with van der Waals surface area (Å²) >= 11 is 0. The van der Waals surface area contributed by atoms with Crippen LogP contribution in [-0.2, 0) is 20.4 Å². The molecule has 5 rings (SSSR count). The monoisotopic (exact) mass is 451 g/mol. The number of nitrogens with zero attached hydrogens (tertiary/aromatic N) is 2. The van der Waals surface area contributed by atoms with Crippen LogP contribution in [0, 0.1) is 17.8 Å². The predicted molar refractivity (Wildman–Crippen MR) is 121 cm³/mol. The summed E-state index contributed by atoms with van der Waals surface area (Å²) in [5.74, 6) is 1.07. The van der Waals surface area contributed by atoms with Gasteiger partial charge in [-0.05, 0) is 48.6 Å². The van der Waals surface area contributed by atoms with Crippen molar-refractivity contribution < 1.29 is 13.2 Å². The van der Waals surface area contributed by atoms with E-state index in [0.717, 1.165) is 11.2 Å². The fourth-order valence-electron chi connectivity index (χ4n) is 5.36. The molecule has 0 aliphatic heterocycles. The number of hydrogen-bond acceptors (Lipinski definition) is 5. The SMILES string of the molecule is O=C(CC1CC2CCC1C2)Nn1nc(S(=O)(=O)Cc2ccccc2)c2ccccc2c1=O. The highest BCUT2D eigenvalue weighted by Gasteiger charge is 2.40. The van der Waals surface area contributed by atoms with Crippen LogP contribution in [0.15, 0.2) is 64.4 Å². The predicted octanol–water partition coefficient (Wildman–Crippen LogP) is 3.27. The molecule has 2 bridgehead atoms. The molecule has 0 spiro atoms. The van der Waals surface area contributed by atoms with Crippen molar-refractivity contribution in [1.82, 2.24) is 9.89 Å². The molecule has 32 heavy (non-hydrogen) atoms. The van der Waals surface area contributed by atoms with E-state index in [2.05, 4.69) is 10.5 Å². The van der Waals surface area contributed by atoms with Gasteiger partial charge in [0.1, 0.15) is 0 Å². The van der Waals surface area contributed by atoms with Crippen LogP contribution < -0.4 is 11.0 Å². The zero-order valence-corrected chi connectivity index (χ0v) is 18.4. The van der Waals surface area contributed by atoms with E-state index < -0.39 is 15.4 Å². The average Bonchev–Trinajstić information content (AvgIpc) is 3.39. The number of amides is 1. The lowest BCUT2D eigenvalue weighted by molar-refractivity contribution is -0.118. The Labute approximate surface area is 186 Å². The van der Waals surface area contributed by atoms with Gasteiger partial charge in [0.2, 0.25) is 15.7 Å². The second kappa shape index (κ2) is 8.16. The van der Waals surface area contributed by atoms with Gasteiger partial charge < -0.3 is 0 Å². The van der Waals surface area contributed by atoms with Crippen molar-refractivity contribution in [2.45, 2.75) is 42.9 Å². The van der Waals surface area contributed by atoms with E-state index in [4.69, 9.17) is 0 Å². The Morgan fingerprint density at radius 3 is 2.41 bits per heavy atom. The molecule has 2 fully saturated rings. The minimum Gasteiger partial charge on any atom is -0.273 e. The van der Waals surface area contributed by atoms with Gasteiger partial charge in [-0.25, -0.2) is 13.8 Å². The standard InChI is InChI=1S/C24H25N3O4S/c28-22(14-19-13-17-10-11-18(19)12-17)25-27-24(29)21-9-5-4-8-20(21)23(26-27)32(30,31)15-16-6-2-1-3-7-16/h1-9,17-19H,10-15H2,(H,25,28). The summed E-state index contributed by atoms with van der Waals surface area (Å²) in [6, 6.07) is 15.3. The molecule has 1 heterocycles. The van der Waals surface area contributed by atoms with Crippen LogP contribution in [0.2, 0.25) is 0 Å². The van der Waals surface area contributed by atoms with E-state index >= 15 is 0 Å². The Morgan fingerprint density at radius 2 is 1.72 bits per heavy atom. The van der Waals surface area contributed by atoms with Gasteiger partial charge in [0.05, 0.1) is 11.1 Å². The maximum absolute atomic E-state index is 13.2. The van der Waals surface area contributed by atoms with Crippen molar-refractivity contribution in [2.75, 3.05) is 5.43 Å². The summed E-state index contributed by atoms with van der Waals surface area (Å²) < 4.78 is 26.5. The van der Waals surface area contributed by atoms with E-state index in [9.17, 15) is 18.0 Å². The fourth-order valence-corrected chi connectivity index (χ4v) is 6.84. The molecular weight excluding hydrogens is 426 g/mol. The number of sulfone groups is 1. The van der Waals surface area contributed by atoms with Crippen LogP contribution in [0.1, 0.15) is 37.7 Å². The second-order valence-corrected chi connectivity index (χ2v) is 10.9. The van der Waals surface area contributed by atoms with Crippen molar-refractivity contribution in [3.8, 4) is 0 Å². The lowest BCUT2D eigenvalue weighted by Gasteiger charge is -2.21. The van der Waals surface area contributed by atoms with Crippen molar-refractivity contribution in [2.24, 2.45) is 17.8 Å². The number of benzene rings is 2. The molecule has 1 amide bonds. The minimum absolute atomic E-state index is 0.203. The second-order valence-electron chi connectivity index (χ2n) is 8.99. The number of carbonyl (C=O) groups is 1. The first kappa shape index (κ1) is 20.9. The summed E-state index contributed by atoms with van der Waals surface area (Å²) in [7, 11) is -3.87. The van der Waals surface area contributed by atoms with Gasteiger partial charge in [0, 0.05) is 11.8 Å². The molecule has 8 heteroatoms. The zero-order valence-electron chi connectivity index (χ0n) is 17.6. The fraction of sp³-hybridized carbons (Fsp3) is 0.375. The number of carbonyl (C=O) groups excluding carboxylic acids is 1. The molecule has 3 unspecified atom stereocenters. The third-order valence-corrected chi connectivity index (χ3v) is 8.43. The Morgan fingerprint density at radius 1 is 1.00 bits per heavy atom. The summed E-state index contributed by atoms with van der Waals surface area (Å²) in [4.78, 5) is 26.5. The van der Waals surface area contributed by atoms with Gasteiger partial charge in [0.25, 0.3) is 5.56 Å². The number of aromatic nitrogens is 2. The molecule has 2 aliphatic rings. The largest absolute Gasteiger partial charge is 0.294 e. The topological polar surface area (TPSA) is 98.1 Å². The van der Waals surface area contributed by atoms with Crippen LogP contribution in [0.3, 0.4) is 0 Å². The van der Waals surface area contributed by atoms with Gasteiger partial charge in [-0.1, -0.05) is 55.0 Å². The van der Waals surface area contributed by atoms with Crippen molar-refractivity contribution in [1.29, 1.82) is 0 Å². The number of nitrogens with one attached hydrogen (secondary N) is 1. The van der Waals surface area contributed by atoms with Crippen molar-refractivity contribution in [3.63, 3.8) is 0 Å². The smallest absolute Gasteiger partial charge is 0.273 e. The van der Waals surface area contributed by atoms with E-state index in [-0.39, 0.29) is 27.5 Å². The van der Waals surface area contributed by atoms with E-state index in [0.29, 0.717) is 29.7 Å². The first-order valence-corrected chi connectivity index (χ1v) is 12.6. The Hall–Kier alpha value is -3.00. The molecule has 2 saturated carbocycles. The lowest BCUT2D eigenvalue weighted by Crippen LogP contribution is -2.37. The summed E-state index contributed by atoms with van der Waals surface area (Å²) in [5, 5.41) is 4.36. The Balaban J connectivity index is 1.48. The van der Waals surface area contributed by atoms with Crippen LogP contribution >= 0.6 is 0 Å². The first-order valence-electron chi connectivity index (χ1n) is 11.0. The highest BCUT2D eigenvalue weighted by molar-refractivity contribution is 7.90. The van der Waals surface area contributed by atoms with Gasteiger partial charge in [-0.2, -0.15) is 0 Å². The van der Waals surface area contributed by atoms with E-state index in [1.165, 1.54) is 19.3 Å². The molecule has 1 aromatic heterocycles. The molecule has 2 aliphatic carbocycles. The maximum atomic E-state index is 13.2.